The number of nitrogens with zero attached hydrogens (tertiary/aromatic N) is 2. The fraction of sp³-hybridized carbons (Fsp3) is 0.0625. The molecule has 0 radical (unpaired) electrons. The summed E-state index contributed by atoms with van der Waals surface area (Å²) in [5.41, 5.74) is 2.01. The van der Waals surface area contributed by atoms with Gasteiger partial charge < -0.3 is 10.1 Å². The number of hydrogen-bond donors (Lipinski definition) is 1. The Labute approximate surface area is 117 Å². The summed E-state index contributed by atoms with van der Waals surface area (Å²) in [4.78, 5) is 0. The number of aromatic nitrogens is 2. The van der Waals surface area contributed by atoms with Crippen molar-refractivity contribution < 1.29 is 4.74 Å². The maximum atomic E-state index is 5.13. The number of benzene rings is 2. The van der Waals surface area contributed by atoms with E-state index in [-0.39, 0.29) is 0 Å². The van der Waals surface area contributed by atoms with E-state index in [1.165, 1.54) is 0 Å². The number of para-hydroxylation sites is 1. The van der Waals surface area contributed by atoms with Crippen molar-refractivity contribution >= 4 is 11.5 Å². The molecule has 3 rings (SSSR count). The largest absolute Gasteiger partial charge is 0.497 e. The van der Waals surface area contributed by atoms with Gasteiger partial charge in [0.05, 0.1) is 12.8 Å². The highest BCUT2D eigenvalue weighted by molar-refractivity contribution is 5.57. The second-order valence-corrected chi connectivity index (χ2v) is 4.33. The van der Waals surface area contributed by atoms with E-state index in [2.05, 4.69) is 10.4 Å². The molecule has 0 bridgehead atoms. The molecule has 0 spiro atoms. The standard InChI is InChI=1S/C16H15N3O/c1-20-15-9-7-13(8-10-15)17-16-11-12-19(18-16)14-5-3-2-4-6-14/h2-12H,1H3,(H,17,18). The van der Waals surface area contributed by atoms with Crippen molar-refractivity contribution in [3.63, 3.8) is 0 Å². The SMILES string of the molecule is COc1ccc(Nc2ccn(-c3ccccc3)n2)cc1. The van der Waals surface area contributed by atoms with Crippen molar-refractivity contribution in [1.29, 1.82) is 0 Å². The van der Waals surface area contributed by atoms with E-state index in [4.69, 9.17) is 4.74 Å². The minimum absolute atomic E-state index is 0.805. The Morgan fingerprint density at radius 3 is 2.40 bits per heavy atom. The van der Waals surface area contributed by atoms with E-state index >= 15 is 0 Å². The van der Waals surface area contributed by atoms with Crippen molar-refractivity contribution in [3.05, 3.63) is 66.9 Å². The Morgan fingerprint density at radius 2 is 1.70 bits per heavy atom. The first-order chi connectivity index (χ1) is 9.85. The fourth-order valence-corrected chi connectivity index (χ4v) is 1.94. The lowest BCUT2D eigenvalue weighted by Crippen LogP contribution is -1.96. The number of rotatable bonds is 4. The lowest BCUT2D eigenvalue weighted by atomic mass is 10.3. The lowest BCUT2D eigenvalue weighted by molar-refractivity contribution is 0.415. The summed E-state index contributed by atoms with van der Waals surface area (Å²) in [6.07, 6.45) is 1.93. The molecule has 0 saturated carbocycles. The molecule has 0 amide bonds. The monoisotopic (exact) mass is 265 g/mol. The highest BCUT2D eigenvalue weighted by Gasteiger charge is 2.01. The van der Waals surface area contributed by atoms with Gasteiger partial charge in [0.25, 0.3) is 0 Å². The average molecular weight is 265 g/mol. The molecule has 4 heteroatoms. The average Bonchev–Trinajstić information content (AvgIpc) is 2.97. The van der Waals surface area contributed by atoms with Crippen LogP contribution in [0.3, 0.4) is 0 Å². The second kappa shape index (κ2) is 5.48. The van der Waals surface area contributed by atoms with Crippen LogP contribution in [0.15, 0.2) is 66.9 Å². The predicted molar refractivity (Wildman–Crippen MR) is 79.8 cm³/mol. The van der Waals surface area contributed by atoms with E-state index in [9.17, 15) is 0 Å². The summed E-state index contributed by atoms with van der Waals surface area (Å²) in [6, 6.07) is 19.7. The van der Waals surface area contributed by atoms with Crippen LogP contribution >= 0.6 is 0 Å². The quantitative estimate of drug-likeness (QED) is 0.783. The minimum atomic E-state index is 0.805. The third-order valence-corrected chi connectivity index (χ3v) is 2.97. The highest BCUT2D eigenvalue weighted by atomic mass is 16.5. The molecule has 100 valence electrons. The van der Waals surface area contributed by atoms with Gasteiger partial charge in [-0.15, -0.1) is 0 Å². The number of nitrogens with one attached hydrogen (secondary N) is 1. The van der Waals surface area contributed by atoms with Gasteiger partial charge >= 0.3 is 0 Å². The van der Waals surface area contributed by atoms with Crippen LogP contribution in [0.2, 0.25) is 0 Å². The first kappa shape index (κ1) is 12.3. The topological polar surface area (TPSA) is 39.1 Å². The van der Waals surface area contributed by atoms with Gasteiger partial charge in [-0.25, -0.2) is 4.68 Å². The predicted octanol–water partition coefficient (Wildman–Crippen LogP) is 3.62. The molecule has 0 aliphatic rings. The molecule has 3 aromatic rings. The number of anilines is 2. The third-order valence-electron chi connectivity index (χ3n) is 2.97. The Balaban J connectivity index is 1.77. The number of ether oxygens (including phenoxy) is 1. The number of methoxy groups -OCH3 is 1. The summed E-state index contributed by atoms with van der Waals surface area (Å²) in [7, 11) is 1.66. The van der Waals surface area contributed by atoms with Crippen LogP contribution in [0.25, 0.3) is 5.69 Å². The molecule has 1 N–H and O–H groups in total. The summed E-state index contributed by atoms with van der Waals surface area (Å²) in [5.74, 6) is 1.64. The zero-order valence-corrected chi connectivity index (χ0v) is 11.2. The Kier molecular flexibility index (Phi) is 3.37. The zero-order chi connectivity index (χ0) is 13.8. The highest BCUT2D eigenvalue weighted by Crippen LogP contribution is 2.19. The van der Waals surface area contributed by atoms with Crippen molar-refractivity contribution in [2.24, 2.45) is 0 Å². The first-order valence-corrected chi connectivity index (χ1v) is 6.37. The number of hydrogen-bond acceptors (Lipinski definition) is 3. The second-order valence-electron chi connectivity index (χ2n) is 4.33. The summed E-state index contributed by atoms with van der Waals surface area (Å²) < 4.78 is 6.97. The Bertz CT molecular complexity index is 674. The molecule has 0 unspecified atom stereocenters. The van der Waals surface area contributed by atoms with Crippen molar-refractivity contribution in [2.45, 2.75) is 0 Å². The smallest absolute Gasteiger partial charge is 0.152 e. The van der Waals surface area contributed by atoms with Crippen LogP contribution < -0.4 is 10.1 Å². The molecule has 0 fully saturated rings. The van der Waals surface area contributed by atoms with Gasteiger partial charge in [-0.05, 0) is 36.4 Å². The Hall–Kier alpha value is -2.75. The molecule has 4 nitrogen and oxygen atoms in total. The van der Waals surface area contributed by atoms with Gasteiger partial charge in [0.15, 0.2) is 5.82 Å². The molecule has 2 aromatic carbocycles. The van der Waals surface area contributed by atoms with Crippen LogP contribution in [0, 0.1) is 0 Å². The van der Waals surface area contributed by atoms with Gasteiger partial charge in [-0.1, -0.05) is 18.2 Å². The Morgan fingerprint density at radius 1 is 0.950 bits per heavy atom. The van der Waals surface area contributed by atoms with E-state index in [0.717, 1.165) is 22.9 Å². The molecule has 0 aliphatic carbocycles. The molecule has 1 aromatic heterocycles. The van der Waals surface area contributed by atoms with Crippen LogP contribution in [0.5, 0.6) is 5.75 Å². The summed E-state index contributed by atoms with van der Waals surface area (Å²) in [5, 5.41) is 7.75. The van der Waals surface area contributed by atoms with Gasteiger partial charge in [-0.3, -0.25) is 0 Å². The van der Waals surface area contributed by atoms with Gasteiger partial charge in [0.2, 0.25) is 0 Å². The van der Waals surface area contributed by atoms with Crippen LogP contribution in [-0.4, -0.2) is 16.9 Å². The van der Waals surface area contributed by atoms with Gasteiger partial charge in [0, 0.05) is 18.0 Å². The fourth-order valence-electron chi connectivity index (χ4n) is 1.94. The molecule has 0 atom stereocenters. The van der Waals surface area contributed by atoms with Crippen molar-refractivity contribution in [1.82, 2.24) is 9.78 Å². The minimum Gasteiger partial charge on any atom is -0.497 e. The maximum Gasteiger partial charge on any atom is 0.152 e. The molecular formula is C16H15N3O. The van der Waals surface area contributed by atoms with Crippen LogP contribution in [0.1, 0.15) is 0 Å². The molecule has 1 heterocycles. The van der Waals surface area contributed by atoms with E-state index in [1.54, 1.807) is 7.11 Å². The van der Waals surface area contributed by atoms with E-state index < -0.39 is 0 Å². The van der Waals surface area contributed by atoms with Crippen LogP contribution in [-0.2, 0) is 0 Å². The molecule has 20 heavy (non-hydrogen) atoms. The lowest BCUT2D eigenvalue weighted by Gasteiger charge is -2.04. The van der Waals surface area contributed by atoms with Crippen molar-refractivity contribution in [2.75, 3.05) is 12.4 Å². The van der Waals surface area contributed by atoms with E-state index in [1.807, 2.05) is 71.5 Å². The van der Waals surface area contributed by atoms with Gasteiger partial charge in [-0.2, -0.15) is 5.10 Å². The summed E-state index contributed by atoms with van der Waals surface area (Å²) >= 11 is 0. The zero-order valence-electron chi connectivity index (χ0n) is 11.2. The normalized spacial score (nSPS) is 10.2. The van der Waals surface area contributed by atoms with Gasteiger partial charge in [0.1, 0.15) is 5.75 Å². The molecule has 0 aliphatic heterocycles. The van der Waals surface area contributed by atoms with Crippen LogP contribution in [0.4, 0.5) is 11.5 Å². The van der Waals surface area contributed by atoms with Crippen molar-refractivity contribution in [3.8, 4) is 11.4 Å². The van der Waals surface area contributed by atoms with E-state index in [0.29, 0.717) is 0 Å². The first-order valence-electron chi connectivity index (χ1n) is 6.37. The maximum absolute atomic E-state index is 5.13. The summed E-state index contributed by atoms with van der Waals surface area (Å²) in [6.45, 7) is 0. The molecular weight excluding hydrogens is 250 g/mol. The third kappa shape index (κ3) is 2.64. The molecule has 0 saturated heterocycles.